The molecule has 2 rings (SSSR count). The number of ketones is 5. The number of aromatic hydroxyl groups is 1. The van der Waals surface area contributed by atoms with Crippen LogP contribution in [0, 0.1) is 29.5 Å². The van der Waals surface area contributed by atoms with Crippen molar-refractivity contribution in [3.63, 3.8) is 0 Å². The standard InChI is InChI=1S/C54H74FN7O18/c1-30(63)42(54(80)61-27-39(66)17-18-46(71)59-28-40(67)23-34(50(56)76)6-4-5-21-58-51(77)33-9-13-37(55)14-10-33)26-41(68)29-60-52(78)35(11-19-47(72)73)25-45(70)49(31(2)64)62-53(79)36(12-20-48(74)75)24-44(69)43(57-3)22-32-7-15-38(65)16-8-32/h7-10,13-16,30-31,34-36,42-43,49,57,63-65H,4-6,11-12,17-29H2,1-3H3,(H2,56,76)(H,58,77)(H,59,71)(H,60,78)(H,61,80)(H,62,79)(H,72,73)(H,74,75)/t30-,31-,34-,35-,36-,42+,43+,49+/m1/s1/i55-1. The molecule has 0 spiro atoms. The van der Waals surface area contributed by atoms with E-state index in [1.165, 1.54) is 38.2 Å². The fraction of sp³-hybridized carbons (Fsp3) is 0.537. The zero-order chi connectivity index (χ0) is 60.1. The number of hydrogen-bond donors (Lipinski definition) is 12. The van der Waals surface area contributed by atoms with Gasteiger partial charge in [0.25, 0.3) is 5.91 Å². The van der Waals surface area contributed by atoms with E-state index in [2.05, 4.69) is 31.9 Å². The van der Waals surface area contributed by atoms with Gasteiger partial charge >= 0.3 is 11.9 Å². The number of carboxylic acids is 2. The molecule has 0 saturated heterocycles. The first kappa shape index (κ1) is 68.3. The molecule has 2 aromatic rings. The Balaban J connectivity index is 1.91. The molecule has 80 heavy (non-hydrogen) atoms. The predicted molar refractivity (Wildman–Crippen MR) is 281 cm³/mol. The molecule has 25 nitrogen and oxygen atoms in total. The van der Waals surface area contributed by atoms with Crippen molar-refractivity contribution in [2.45, 2.75) is 128 Å². The van der Waals surface area contributed by atoms with Crippen molar-refractivity contribution >= 4 is 76.3 Å². The minimum atomic E-state index is -1.72. The average Bonchev–Trinajstić information content (AvgIpc) is 3.40. The molecule has 13 N–H and O–H groups in total. The SMILES string of the molecule is CN[C@@H](Cc1ccc(O)cc1)C(=O)C[C@@H](CCC(=O)O)C(=O)N[C@H](C(=O)C[C@@H](CCC(=O)O)C(=O)NCC(=O)C[C@H](C(=O)NCC(=O)CCC(=O)NCC(=O)C[C@@H](CCCCNC(=O)c1ccc([18F])cc1)C(N)=O)[C@@H](C)O)[C@@H](C)O. The van der Waals surface area contributed by atoms with Crippen LogP contribution < -0.4 is 37.6 Å². The van der Waals surface area contributed by atoms with Crippen LogP contribution in [0.4, 0.5) is 4.39 Å². The van der Waals surface area contributed by atoms with Crippen LogP contribution in [0.5, 0.6) is 5.75 Å². The Hall–Kier alpha value is -7.84. The highest BCUT2D eigenvalue weighted by molar-refractivity contribution is 5.97. The molecule has 0 bridgehead atoms. The van der Waals surface area contributed by atoms with Crippen molar-refractivity contribution in [1.82, 2.24) is 31.9 Å². The third-order valence-electron chi connectivity index (χ3n) is 12.9. The molecule has 6 amide bonds. The summed E-state index contributed by atoms with van der Waals surface area (Å²) in [6.45, 7) is 0.708. The lowest BCUT2D eigenvalue weighted by Crippen LogP contribution is -2.51. The van der Waals surface area contributed by atoms with Gasteiger partial charge in [-0.05, 0) is 95.0 Å². The van der Waals surface area contributed by atoms with Gasteiger partial charge in [-0.25, -0.2) is 4.39 Å². The van der Waals surface area contributed by atoms with E-state index in [1.807, 2.05) is 0 Å². The van der Waals surface area contributed by atoms with E-state index >= 15 is 0 Å². The maximum absolute atomic E-state index is 13.7. The number of carboxylic acid groups (broad SMARTS) is 2. The number of phenolic OH excluding ortho intramolecular Hbond substituents is 1. The molecule has 0 saturated carbocycles. The largest absolute Gasteiger partial charge is 0.508 e. The van der Waals surface area contributed by atoms with E-state index in [-0.39, 0.29) is 43.5 Å². The van der Waals surface area contributed by atoms with E-state index in [4.69, 9.17) is 5.73 Å². The van der Waals surface area contributed by atoms with Crippen molar-refractivity contribution < 1.29 is 92.3 Å². The Morgan fingerprint density at radius 2 is 1.12 bits per heavy atom. The van der Waals surface area contributed by atoms with Crippen molar-refractivity contribution in [2.75, 3.05) is 33.2 Å². The Morgan fingerprint density at radius 3 is 1.69 bits per heavy atom. The number of halogens is 1. The summed E-state index contributed by atoms with van der Waals surface area (Å²) in [5.41, 5.74) is 6.39. The molecule has 2 aromatic carbocycles. The molecule has 0 unspecified atom stereocenters. The Morgan fingerprint density at radius 1 is 0.575 bits per heavy atom. The van der Waals surface area contributed by atoms with Gasteiger partial charge in [0.2, 0.25) is 29.5 Å². The van der Waals surface area contributed by atoms with Gasteiger partial charge in [0.15, 0.2) is 28.9 Å². The number of likely N-dealkylation sites (N-methyl/N-ethyl adjacent to an activating group) is 1. The van der Waals surface area contributed by atoms with Crippen molar-refractivity contribution in [3.8, 4) is 5.75 Å². The lowest BCUT2D eigenvalue weighted by molar-refractivity contribution is -0.139. The number of hydrogen-bond acceptors (Lipinski definition) is 17. The fourth-order valence-corrected chi connectivity index (χ4v) is 8.17. The van der Waals surface area contributed by atoms with Crippen molar-refractivity contribution in [1.29, 1.82) is 0 Å². The first-order valence-corrected chi connectivity index (χ1v) is 26.0. The first-order chi connectivity index (χ1) is 37.7. The number of primary amides is 1. The normalized spacial score (nSPS) is 14.0. The molecule has 26 heteroatoms. The quantitative estimate of drug-likeness (QED) is 0.0381. The van der Waals surface area contributed by atoms with E-state index in [0.29, 0.717) is 18.4 Å². The summed E-state index contributed by atoms with van der Waals surface area (Å²) >= 11 is 0. The third kappa shape index (κ3) is 26.7. The lowest BCUT2D eigenvalue weighted by Gasteiger charge is -2.26. The maximum Gasteiger partial charge on any atom is 0.303 e. The van der Waals surface area contributed by atoms with Gasteiger partial charge in [-0.15, -0.1) is 0 Å². The number of Topliss-reactive ketones (excluding diaryl/α,β-unsaturated/α-hetero) is 5. The van der Waals surface area contributed by atoms with Gasteiger partial charge in [0.05, 0.1) is 43.8 Å². The van der Waals surface area contributed by atoms with Crippen LogP contribution in [0.25, 0.3) is 0 Å². The molecule has 0 radical (unpaired) electrons. The third-order valence-corrected chi connectivity index (χ3v) is 12.9. The van der Waals surface area contributed by atoms with Crippen LogP contribution in [0.2, 0.25) is 0 Å². The van der Waals surface area contributed by atoms with Crippen molar-refractivity contribution in [2.24, 2.45) is 29.4 Å². The van der Waals surface area contributed by atoms with Gasteiger partial charge in [-0.2, -0.15) is 0 Å². The Kier molecular flexibility index (Phi) is 30.4. The summed E-state index contributed by atoms with van der Waals surface area (Å²) in [5, 5.41) is 64.1. The summed E-state index contributed by atoms with van der Waals surface area (Å²) in [6.07, 6.45) is -6.79. The minimum absolute atomic E-state index is 0.000852. The zero-order valence-corrected chi connectivity index (χ0v) is 45.0. The van der Waals surface area contributed by atoms with E-state index in [1.54, 1.807) is 12.1 Å². The zero-order valence-electron chi connectivity index (χ0n) is 45.0. The van der Waals surface area contributed by atoms with E-state index in [0.717, 1.165) is 19.1 Å². The molecule has 8 atom stereocenters. The second-order valence-electron chi connectivity index (χ2n) is 19.5. The second-order valence-corrected chi connectivity index (χ2v) is 19.5. The highest BCUT2D eigenvalue weighted by atomic mass is 18.2. The highest BCUT2D eigenvalue weighted by Gasteiger charge is 2.35. The van der Waals surface area contributed by atoms with Gasteiger partial charge in [-0.3, -0.25) is 62.3 Å². The number of aliphatic hydroxyl groups excluding tert-OH is 2. The predicted octanol–water partition coefficient (Wildman–Crippen LogP) is -0.277. The number of unbranched alkanes of at least 4 members (excludes halogenated alkanes) is 1. The van der Waals surface area contributed by atoms with Crippen LogP contribution in [-0.2, 0) is 64.0 Å². The Labute approximate surface area is 461 Å². The van der Waals surface area contributed by atoms with Gasteiger partial charge in [0.1, 0.15) is 17.6 Å². The molecule has 0 aliphatic rings. The van der Waals surface area contributed by atoms with Crippen LogP contribution in [0.3, 0.4) is 0 Å². The first-order valence-electron chi connectivity index (χ1n) is 26.0. The van der Waals surface area contributed by atoms with Crippen LogP contribution in [0.15, 0.2) is 48.5 Å². The smallest absolute Gasteiger partial charge is 0.303 e. The number of benzene rings is 2. The van der Waals surface area contributed by atoms with Crippen LogP contribution >= 0.6 is 0 Å². The number of carbonyl (C=O) groups is 13. The monoisotopic (exact) mass is 1130 g/mol. The fourth-order valence-electron chi connectivity index (χ4n) is 8.17. The molecular weight excluding hydrogens is 1050 g/mol. The van der Waals surface area contributed by atoms with Gasteiger partial charge in [-0.1, -0.05) is 18.6 Å². The van der Waals surface area contributed by atoms with Crippen LogP contribution in [-0.4, -0.2) is 159 Å². The minimum Gasteiger partial charge on any atom is -0.508 e. The average molecular weight is 1130 g/mol. The van der Waals surface area contributed by atoms with E-state index < -0.39 is 201 Å². The number of aliphatic hydroxyl groups is 2. The number of aliphatic carboxylic acids is 2. The molecule has 0 heterocycles. The van der Waals surface area contributed by atoms with Crippen LogP contribution in [0.1, 0.15) is 113 Å². The number of nitrogens with two attached hydrogens (primary N) is 1. The highest BCUT2D eigenvalue weighted by Crippen LogP contribution is 2.20. The summed E-state index contributed by atoms with van der Waals surface area (Å²) in [5.74, 6) is -16.3. The number of nitrogens with one attached hydrogen (secondary N) is 6. The number of amides is 6. The maximum atomic E-state index is 13.7. The van der Waals surface area contributed by atoms with Crippen molar-refractivity contribution in [3.05, 3.63) is 65.5 Å². The second kappa shape index (κ2) is 35.6. The number of phenols is 1. The Bertz CT molecular complexity index is 2490. The topological polar surface area (TPSA) is 421 Å². The molecule has 440 valence electrons. The molecule has 0 fully saturated rings. The van der Waals surface area contributed by atoms with Gasteiger partial charge < -0.3 is 63.2 Å². The molecular formula is C54H74FN7O18. The summed E-state index contributed by atoms with van der Waals surface area (Å²) in [6, 6.07) is 8.41. The number of carbonyl (C=O) groups excluding carboxylic acids is 11. The summed E-state index contributed by atoms with van der Waals surface area (Å²) in [4.78, 5) is 165. The molecule has 0 aromatic heterocycles. The molecule has 0 aliphatic heterocycles. The lowest BCUT2D eigenvalue weighted by atomic mass is 9.89. The summed E-state index contributed by atoms with van der Waals surface area (Å²) in [7, 11) is 1.50. The van der Waals surface area contributed by atoms with E-state index in [9.17, 15) is 92.3 Å². The number of rotatable bonds is 41. The van der Waals surface area contributed by atoms with Gasteiger partial charge in [0, 0.05) is 81.2 Å². The summed E-state index contributed by atoms with van der Waals surface area (Å²) < 4.78 is 13.1. The molecule has 0 aliphatic carbocycles.